The van der Waals surface area contributed by atoms with Gasteiger partial charge in [-0.1, -0.05) is 12.8 Å². The van der Waals surface area contributed by atoms with E-state index in [9.17, 15) is 5.11 Å². The first kappa shape index (κ1) is 14.1. The maximum atomic E-state index is 10.9. The lowest BCUT2D eigenvalue weighted by atomic mass is 9.86. The van der Waals surface area contributed by atoms with Crippen LogP contribution in [0, 0.1) is 0 Å². The monoisotopic (exact) mass is 343 g/mol. The van der Waals surface area contributed by atoms with E-state index in [1.165, 1.54) is 56.5 Å². The van der Waals surface area contributed by atoms with E-state index in [4.69, 9.17) is 0 Å². The largest absolute Gasteiger partial charge is 0.391 e. The first-order valence-electron chi connectivity index (χ1n) is 7.38. The topological polar surface area (TPSA) is 23.5 Å². The molecule has 1 saturated heterocycles. The molecule has 0 spiro atoms. The standard InChI is InChI=1S/C15H22BrNOS/c16-14-6-5-12(19-14)11-13(18)15(7-1-2-8-15)17-9-3-4-10-17/h5-6,13,18H,1-4,7-11H2. The SMILES string of the molecule is OC(Cc1ccc(Br)s1)C1(N2CCCC2)CCCC1. The number of aliphatic hydroxyl groups is 1. The number of thiophene rings is 1. The molecule has 2 nitrogen and oxygen atoms in total. The smallest absolute Gasteiger partial charge is 0.0771 e. The van der Waals surface area contributed by atoms with Crippen molar-refractivity contribution in [3.8, 4) is 0 Å². The summed E-state index contributed by atoms with van der Waals surface area (Å²) >= 11 is 5.27. The minimum absolute atomic E-state index is 0.0764. The molecule has 1 atom stereocenters. The van der Waals surface area contributed by atoms with Crippen LogP contribution in [0.3, 0.4) is 0 Å². The van der Waals surface area contributed by atoms with Crippen LogP contribution in [-0.4, -0.2) is 34.7 Å². The molecule has 1 N–H and O–H groups in total. The molecule has 3 rings (SSSR count). The zero-order valence-corrected chi connectivity index (χ0v) is 13.7. The van der Waals surface area contributed by atoms with Gasteiger partial charge in [-0.05, 0) is 66.8 Å². The van der Waals surface area contributed by atoms with Gasteiger partial charge >= 0.3 is 0 Å². The number of likely N-dealkylation sites (tertiary alicyclic amines) is 1. The van der Waals surface area contributed by atoms with Crippen LogP contribution in [0.5, 0.6) is 0 Å². The van der Waals surface area contributed by atoms with Gasteiger partial charge in [0.2, 0.25) is 0 Å². The van der Waals surface area contributed by atoms with Crippen molar-refractivity contribution in [2.75, 3.05) is 13.1 Å². The third kappa shape index (κ3) is 2.78. The van der Waals surface area contributed by atoms with E-state index < -0.39 is 0 Å². The van der Waals surface area contributed by atoms with Crippen LogP contribution in [0.1, 0.15) is 43.4 Å². The molecule has 1 aliphatic carbocycles. The molecule has 1 aliphatic heterocycles. The van der Waals surface area contributed by atoms with Gasteiger partial charge in [0.1, 0.15) is 0 Å². The first-order valence-corrected chi connectivity index (χ1v) is 8.99. The summed E-state index contributed by atoms with van der Waals surface area (Å²) in [6.45, 7) is 2.37. The normalized spacial score (nSPS) is 24.9. The summed E-state index contributed by atoms with van der Waals surface area (Å²) in [5.41, 5.74) is 0.0764. The van der Waals surface area contributed by atoms with Crippen LogP contribution in [-0.2, 0) is 6.42 Å². The summed E-state index contributed by atoms with van der Waals surface area (Å²) in [5, 5.41) is 10.9. The van der Waals surface area contributed by atoms with Crippen LogP contribution in [0.15, 0.2) is 15.9 Å². The number of halogens is 1. The molecule has 4 heteroatoms. The van der Waals surface area contributed by atoms with Gasteiger partial charge in [-0.3, -0.25) is 4.90 Å². The Balaban J connectivity index is 1.75. The Kier molecular flexibility index (Phi) is 4.32. The van der Waals surface area contributed by atoms with Crippen molar-refractivity contribution in [1.29, 1.82) is 0 Å². The molecule has 1 saturated carbocycles. The van der Waals surface area contributed by atoms with Crippen molar-refractivity contribution in [2.24, 2.45) is 0 Å². The van der Waals surface area contributed by atoms with Crippen LogP contribution in [0.2, 0.25) is 0 Å². The van der Waals surface area contributed by atoms with E-state index in [0.717, 1.165) is 10.2 Å². The van der Waals surface area contributed by atoms with Crippen molar-refractivity contribution in [1.82, 2.24) is 4.90 Å². The van der Waals surface area contributed by atoms with Crippen LogP contribution in [0.4, 0.5) is 0 Å². The van der Waals surface area contributed by atoms with Crippen molar-refractivity contribution < 1.29 is 5.11 Å². The predicted octanol–water partition coefficient (Wildman–Crippen LogP) is 3.82. The number of aliphatic hydroxyl groups excluding tert-OH is 1. The molecule has 2 aliphatic rings. The summed E-state index contributed by atoms with van der Waals surface area (Å²) < 4.78 is 1.16. The zero-order valence-electron chi connectivity index (χ0n) is 11.3. The Bertz CT molecular complexity index is 422. The second kappa shape index (κ2) is 5.84. The lowest BCUT2D eigenvalue weighted by molar-refractivity contribution is -0.0167. The van der Waals surface area contributed by atoms with Gasteiger partial charge in [0.05, 0.1) is 9.89 Å². The number of hydrogen-bond acceptors (Lipinski definition) is 3. The molecule has 19 heavy (non-hydrogen) atoms. The van der Waals surface area contributed by atoms with E-state index >= 15 is 0 Å². The maximum absolute atomic E-state index is 10.9. The van der Waals surface area contributed by atoms with Crippen LogP contribution >= 0.6 is 27.3 Å². The van der Waals surface area contributed by atoms with E-state index in [0.29, 0.717) is 0 Å². The molecule has 1 unspecified atom stereocenters. The fourth-order valence-corrected chi connectivity index (χ4v) is 5.37. The zero-order chi connectivity index (χ0) is 13.3. The third-order valence-corrected chi connectivity index (χ3v) is 6.49. The lowest BCUT2D eigenvalue weighted by Gasteiger charge is -2.42. The Morgan fingerprint density at radius 1 is 1.21 bits per heavy atom. The Morgan fingerprint density at radius 3 is 2.47 bits per heavy atom. The van der Waals surface area contributed by atoms with Crippen molar-refractivity contribution in [3.63, 3.8) is 0 Å². The summed E-state index contributed by atoms with van der Waals surface area (Å²) in [5.74, 6) is 0. The fraction of sp³-hybridized carbons (Fsp3) is 0.733. The molecule has 2 fully saturated rings. The second-order valence-electron chi connectivity index (χ2n) is 5.93. The number of rotatable bonds is 4. The van der Waals surface area contributed by atoms with Crippen molar-refractivity contribution >= 4 is 27.3 Å². The summed E-state index contributed by atoms with van der Waals surface area (Å²) in [6, 6.07) is 4.23. The second-order valence-corrected chi connectivity index (χ2v) is 8.48. The molecule has 106 valence electrons. The number of nitrogens with zero attached hydrogens (tertiary/aromatic N) is 1. The number of hydrogen-bond donors (Lipinski definition) is 1. The minimum atomic E-state index is -0.210. The first-order chi connectivity index (χ1) is 9.21. The Morgan fingerprint density at radius 2 is 1.89 bits per heavy atom. The highest BCUT2D eigenvalue weighted by molar-refractivity contribution is 9.11. The predicted molar refractivity (Wildman–Crippen MR) is 83.7 cm³/mol. The molecule has 0 aromatic carbocycles. The maximum Gasteiger partial charge on any atom is 0.0771 e. The average molecular weight is 344 g/mol. The van der Waals surface area contributed by atoms with Crippen molar-refractivity contribution in [2.45, 2.75) is 56.6 Å². The molecular formula is C15H22BrNOS. The molecule has 0 radical (unpaired) electrons. The molecule has 2 heterocycles. The van der Waals surface area contributed by atoms with Crippen molar-refractivity contribution in [3.05, 3.63) is 20.8 Å². The highest BCUT2D eigenvalue weighted by atomic mass is 79.9. The quantitative estimate of drug-likeness (QED) is 0.898. The van der Waals surface area contributed by atoms with Gasteiger partial charge in [0.15, 0.2) is 0 Å². The average Bonchev–Trinajstić information content (AvgIpc) is 3.09. The fourth-order valence-electron chi connectivity index (χ4n) is 3.85. The van der Waals surface area contributed by atoms with Crippen LogP contribution in [0.25, 0.3) is 0 Å². The summed E-state index contributed by atoms with van der Waals surface area (Å²) in [6.07, 6.45) is 8.13. The molecule has 1 aromatic rings. The van der Waals surface area contributed by atoms with Gasteiger partial charge in [-0.25, -0.2) is 0 Å². The van der Waals surface area contributed by atoms with Gasteiger partial charge in [0.25, 0.3) is 0 Å². The van der Waals surface area contributed by atoms with E-state index in [1.807, 2.05) is 0 Å². The molecular weight excluding hydrogens is 322 g/mol. The highest BCUT2D eigenvalue weighted by Crippen LogP contribution is 2.41. The Labute approximate surface area is 127 Å². The minimum Gasteiger partial charge on any atom is -0.391 e. The van der Waals surface area contributed by atoms with Gasteiger partial charge in [-0.2, -0.15) is 0 Å². The van der Waals surface area contributed by atoms with E-state index in [2.05, 4.69) is 33.0 Å². The molecule has 1 aromatic heterocycles. The summed E-state index contributed by atoms with van der Waals surface area (Å²) in [4.78, 5) is 3.89. The molecule has 0 bridgehead atoms. The van der Waals surface area contributed by atoms with Gasteiger partial charge < -0.3 is 5.11 Å². The van der Waals surface area contributed by atoms with E-state index in [1.54, 1.807) is 11.3 Å². The highest BCUT2D eigenvalue weighted by Gasteiger charge is 2.45. The van der Waals surface area contributed by atoms with E-state index in [-0.39, 0.29) is 11.6 Å². The Hall–Kier alpha value is 0.1000. The van der Waals surface area contributed by atoms with Crippen LogP contribution < -0.4 is 0 Å². The molecule has 0 amide bonds. The summed E-state index contributed by atoms with van der Waals surface area (Å²) in [7, 11) is 0. The third-order valence-electron chi connectivity index (χ3n) is 4.85. The van der Waals surface area contributed by atoms with Gasteiger partial charge in [0, 0.05) is 16.8 Å². The van der Waals surface area contributed by atoms with Gasteiger partial charge in [-0.15, -0.1) is 11.3 Å². The lowest BCUT2D eigenvalue weighted by Crippen LogP contribution is -2.54.